The minimum Gasteiger partial charge on any atom is -0.462 e. The van der Waals surface area contributed by atoms with E-state index in [1.807, 2.05) is 24.4 Å². The molecular formula is C21H18N4O4S2. The van der Waals surface area contributed by atoms with Crippen molar-refractivity contribution < 1.29 is 14.3 Å². The molecule has 0 bridgehead atoms. The van der Waals surface area contributed by atoms with Crippen LogP contribution < -0.4 is 10.9 Å². The van der Waals surface area contributed by atoms with Gasteiger partial charge in [-0.25, -0.2) is 14.5 Å². The number of aryl methyl sites for hydroxylation is 1. The molecule has 4 aromatic rings. The number of carbonyl (C=O) groups is 2. The third kappa shape index (κ3) is 4.39. The Kier molecular flexibility index (Phi) is 5.92. The SMILES string of the molecule is CCOC(=O)c1ccc(NC(=O)Cn2nc(-c3cccs3)c3sc(C)nc3c2=O)cc1. The van der Waals surface area contributed by atoms with Crippen LogP contribution in [0.4, 0.5) is 5.69 Å². The summed E-state index contributed by atoms with van der Waals surface area (Å²) in [5.41, 5.74) is 1.43. The molecule has 10 heteroatoms. The third-order valence-electron chi connectivity index (χ3n) is 4.33. The van der Waals surface area contributed by atoms with Crippen LogP contribution in [0.3, 0.4) is 0 Å². The summed E-state index contributed by atoms with van der Waals surface area (Å²) in [6.07, 6.45) is 0. The molecule has 0 aliphatic carbocycles. The first-order chi connectivity index (χ1) is 15.0. The van der Waals surface area contributed by atoms with Crippen molar-refractivity contribution in [2.24, 2.45) is 0 Å². The Bertz CT molecular complexity index is 1310. The van der Waals surface area contributed by atoms with Gasteiger partial charge in [-0.1, -0.05) is 6.07 Å². The van der Waals surface area contributed by atoms with E-state index in [0.717, 1.165) is 19.3 Å². The van der Waals surface area contributed by atoms with Crippen molar-refractivity contribution in [3.05, 3.63) is 62.7 Å². The van der Waals surface area contributed by atoms with Crippen molar-refractivity contribution in [2.45, 2.75) is 20.4 Å². The van der Waals surface area contributed by atoms with Gasteiger partial charge in [0.15, 0.2) is 5.52 Å². The number of ether oxygens (including phenoxy) is 1. The molecule has 31 heavy (non-hydrogen) atoms. The van der Waals surface area contributed by atoms with E-state index in [0.29, 0.717) is 22.5 Å². The minimum atomic E-state index is -0.427. The summed E-state index contributed by atoms with van der Waals surface area (Å²) in [7, 11) is 0. The predicted molar refractivity (Wildman–Crippen MR) is 121 cm³/mol. The van der Waals surface area contributed by atoms with E-state index in [1.165, 1.54) is 22.7 Å². The van der Waals surface area contributed by atoms with Crippen LogP contribution in [0.2, 0.25) is 0 Å². The lowest BCUT2D eigenvalue weighted by Crippen LogP contribution is -2.30. The summed E-state index contributed by atoms with van der Waals surface area (Å²) < 4.78 is 6.80. The number of hydrogen-bond acceptors (Lipinski definition) is 8. The highest BCUT2D eigenvalue weighted by Gasteiger charge is 2.18. The largest absolute Gasteiger partial charge is 0.462 e. The van der Waals surface area contributed by atoms with E-state index in [-0.39, 0.29) is 13.2 Å². The number of rotatable bonds is 6. The van der Waals surface area contributed by atoms with Gasteiger partial charge >= 0.3 is 5.97 Å². The van der Waals surface area contributed by atoms with Gasteiger partial charge in [-0.05, 0) is 49.6 Å². The number of carbonyl (C=O) groups excluding carboxylic acids is 2. The highest BCUT2D eigenvalue weighted by atomic mass is 32.1. The van der Waals surface area contributed by atoms with Crippen molar-refractivity contribution in [1.82, 2.24) is 14.8 Å². The van der Waals surface area contributed by atoms with Crippen LogP contribution >= 0.6 is 22.7 Å². The van der Waals surface area contributed by atoms with Crippen LogP contribution in [0.25, 0.3) is 20.8 Å². The van der Waals surface area contributed by atoms with Crippen molar-refractivity contribution in [2.75, 3.05) is 11.9 Å². The van der Waals surface area contributed by atoms with E-state index in [9.17, 15) is 14.4 Å². The number of esters is 1. The molecule has 1 N–H and O–H groups in total. The first-order valence-corrected chi connectivity index (χ1v) is 11.1. The number of thiophene rings is 1. The molecule has 3 heterocycles. The van der Waals surface area contributed by atoms with Gasteiger partial charge in [0.05, 0.1) is 26.8 Å². The predicted octanol–water partition coefficient (Wildman–Crippen LogP) is 3.71. The summed E-state index contributed by atoms with van der Waals surface area (Å²) in [6.45, 7) is 3.59. The van der Waals surface area contributed by atoms with Crippen LogP contribution in [-0.4, -0.2) is 33.2 Å². The Balaban J connectivity index is 1.58. The van der Waals surface area contributed by atoms with Gasteiger partial charge in [-0.15, -0.1) is 22.7 Å². The number of hydrogen-bond donors (Lipinski definition) is 1. The van der Waals surface area contributed by atoms with E-state index in [2.05, 4.69) is 15.4 Å². The van der Waals surface area contributed by atoms with Crippen molar-refractivity contribution in [3.8, 4) is 10.6 Å². The Hall–Kier alpha value is -3.37. The van der Waals surface area contributed by atoms with Gasteiger partial charge in [-0.3, -0.25) is 9.59 Å². The number of amides is 1. The minimum absolute atomic E-state index is 0.261. The standard InChI is InChI=1S/C21H18N4O4S2/c1-3-29-21(28)13-6-8-14(9-7-13)23-16(26)11-25-20(27)18-19(31-12(2)22-18)17(24-25)15-5-4-10-30-15/h4-10H,3,11H2,1-2H3,(H,23,26). The molecule has 0 spiro atoms. The zero-order valence-corrected chi connectivity index (χ0v) is 18.4. The summed E-state index contributed by atoms with van der Waals surface area (Å²) in [4.78, 5) is 42.4. The van der Waals surface area contributed by atoms with Crippen LogP contribution in [-0.2, 0) is 16.1 Å². The molecule has 8 nitrogen and oxygen atoms in total. The maximum atomic E-state index is 12.8. The molecule has 0 unspecified atom stereocenters. The second-order valence-corrected chi connectivity index (χ2v) is 8.70. The highest BCUT2D eigenvalue weighted by molar-refractivity contribution is 7.20. The number of thiazole rings is 1. The lowest BCUT2D eigenvalue weighted by Gasteiger charge is -2.09. The lowest BCUT2D eigenvalue weighted by atomic mass is 10.2. The average molecular weight is 455 g/mol. The van der Waals surface area contributed by atoms with E-state index in [4.69, 9.17) is 4.74 Å². The smallest absolute Gasteiger partial charge is 0.338 e. The maximum Gasteiger partial charge on any atom is 0.338 e. The van der Waals surface area contributed by atoms with Crippen molar-refractivity contribution >= 4 is 50.5 Å². The molecule has 158 valence electrons. The molecular weight excluding hydrogens is 436 g/mol. The van der Waals surface area contributed by atoms with Gasteiger partial charge in [-0.2, -0.15) is 5.10 Å². The third-order valence-corrected chi connectivity index (χ3v) is 6.19. The van der Waals surface area contributed by atoms with Crippen molar-refractivity contribution in [1.29, 1.82) is 0 Å². The fraction of sp³-hybridized carbons (Fsp3) is 0.190. The molecule has 0 saturated carbocycles. The molecule has 4 rings (SSSR count). The fourth-order valence-electron chi connectivity index (χ4n) is 2.99. The van der Waals surface area contributed by atoms with Crippen LogP contribution in [0, 0.1) is 6.92 Å². The molecule has 0 aliphatic heterocycles. The number of aromatic nitrogens is 3. The first-order valence-electron chi connectivity index (χ1n) is 9.45. The topological polar surface area (TPSA) is 103 Å². The van der Waals surface area contributed by atoms with E-state index < -0.39 is 17.4 Å². The molecule has 0 radical (unpaired) electrons. The Morgan fingerprint density at radius 1 is 1.19 bits per heavy atom. The number of fused-ring (bicyclic) bond motifs is 1. The van der Waals surface area contributed by atoms with Crippen LogP contribution in [0.5, 0.6) is 0 Å². The average Bonchev–Trinajstić information content (AvgIpc) is 3.41. The molecule has 0 atom stereocenters. The molecule has 0 fully saturated rings. The Morgan fingerprint density at radius 2 is 1.97 bits per heavy atom. The van der Waals surface area contributed by atoms with Crippen molar-refractivity contribution in [3.63, 3.8) is 0 Å². The second-order valence-electron chi connectivity index (χ2n) is 6.55. The summed E-state index contributed by atoms with van der Waals surface area (Å²) in [6, 6.07) is 10.2. The molecule has 1 amide bonds. The van der Waals surface area contributed by atoms with Gasteiger partial charge < -0.3 is 10.1 Å². The quantitative estimate of drug-likeness (QED) is 0.446. The number of anilines is 1. The molecule has 3 aromatic heterocycles. The second kappa shape index (κ2) is 8.78. The summed E-state index contributed by atoms with van der Waals surface area (Å²) in [5, 5.41) is 9.87. The van der Waals surface area contributed by atoms with Gasteiger partial charge in [0.1, 0.15) is 12.2 Å². The van der Waals surface area contributed by atoms with Crippen LogP contribution in [0.15, 0.2) is 46.6 Å². The zero-order valence-electron chi connectivity index (χ0n) is 16.7. The summed E-state index contributed by atoms with van der Waals surface area (Å²) >= 11 is 2.92. The van der Waals surface area contributed by atoms with Gasteiger partial charge in [0.25, 0.3) is 5.56 Å². The normalized spacial score (nSPS) is 10.9. The van der Waals surface area contributed by atoms with Crippen LogP contribution in [0.1, 0.15) is 22.3 Å². The van der Waals surface area contributed by atoms with E-state index in [1.54, 1.807) is 31.2 Å². The van der Waals surface area contributed by atoms with E-state index >= 15 is 0 Å². The molecule has 1 aromatic carbocycles. The van der Waals surface area contributed by atoms with Gasteiger partial charge in [0.2, 0.25) is 5.91 Å². The first kappa shape index (κ1) is 20.9. The Labute approximate surface area is 185 Å². The number of nitrogens with zero attached hydrogens (tertiary/aromatic N) is 3. The maximum absolute atomic E-state index is 12.8. The Morgan fingerprint density at radius 3 is 2.65 bits per heavy atom. The number of benzene rings is 1. The number of nitrogens with one attached hydrogen (secondary N) is 1. The fourth-order valence-corrected chi connectivity index (χ4v) is 4.68. The monoisotopic (exact) mass is 454 g/mol. The highest BCUT2D eigenvalue weighted by Crippen LogP contribution is 2.31. The molecule has 0 aliphatic rings. The lowest BCUT2D eigenvalue weighted by molar-refractivity contribution is -0.117. The molecule has 0 saturated heterocycles. The zero-order chi connectivity index (χ0) is 22.0. The van der Waals surface area contributed by atoms with Gasteiger partial charge in [0, 0.05) is 5.69 Å². The summed E-state index contributed by atoms with van der Waals surface area (Å²) in [5.74, 6) is -0.842.